The number of carbonyl (C=O) groups is 5. The van der Waals surface area contributed by atoms with E-state index in [0.29, 0.717) is 6.42 Å². The van der Waals surface area contributed by atoms with Crippen LogP contribution < -0.4 is 5.32 Å². The Kier molecular flexibility index (Phi) is 8.67. The Balaban J connectivity index is 1.36. The number of aliphatic hydroxyl groups is 2. The fourth-order valence-corrected chi connectivity index (χ4v) is 8.30. The minimum atomic E-state index is -1.78. The average Bonchev–Trinajstić information content (AvgIpc) is 3.16. The van der Waals surface area contributed by atoms with E-state index in [4.69, 9.17) is 4.74 Å². The summed E-state index contributed by atoms with van der Waals surface area (Å²) >= 11 is 0. The van der Waals surface area contributed by atoms with Crippen LogP contribution in [0.1, 0.15) is 79.1 Å². The number of carboxylic acids is 1. The molecule has 0 aliphatic heterocycles. The van der Waals surface area contributed by atoms with Crippen LogP contribution in [0.3, 0.4) is 0 Å². The molecule has 226 valence electrons. The van der Waals surface area contributed by atoms with Crippen LogP contribution in [0.5, 0.6) is 0 Å². The standard InChI is InChI=1S/C31H43NO9/c1-17(2)13-22(28(38)39)32-25(36)7-8-26(37)41-16-24(35)31(40)12-10-21-20-6-5-18-14-19(33)9-11-29(18,3)27(20)23(34)15-30(21,31)4/h9,11,14,17,20-23,27,34,40H,5-8,10,12-13,15-16H2,1-4H3,(H,32,36)(H,38,39)/t20-,21-,22+,23-,27-,29-,30-,31-/m0/s1. The van der Waals surface area contributed by atoms with E-state index >= 15 is 0 Å². The molecule has 0 saturated heterocycles. The van der Waals surface area contributed by atoms with Gasteiger partial charge in [-0.2, -0.15) is 0 Å². The number of rotatable bonds is 10. The number of esters is 1. The van der Waals surface area contributed by atoms with E-state index < -0.39 is 58.8 Å². The number of aliphatic carboxylic acids is 1. The molecule has 4 aliphatic carbocycles. The maximum atomic E-state index is 13.4. The molecule has 0 spiro atoms. The molecule has 3 saturated carbocycles. The van der Waals surface area contributed by atoms with Crippen LogP contribution in [-0.4, -0.2) is 69.1 Å². The van der Waals surface area contributed by atoms with Crippen LogP contribution in [0, 0.1) is 34.5 Å². The summed E-state index contributed by atoms with van der Waals surface area (Å²) in [6.07, 6.45) is 6.46. The van der Waals surface area contributed by atoms with Gasteiger partial charge in [0.25, 0.3) is 0 Å². The monoisotopic (exact) mass is 573 g/mol. The molecule has 10 nitrogen and oxygen atoms in total. The van der Waals surface area contributed by atoms with Gasteiger partial charge in [-0.1, -0.05) is 39.3 Å². The van der Waals surface area contributed by atoms with Crippen LogP contribution in [-0.2, 0) is 28.7 Å². The molecule has 3 fully saturated rings. The van der Waals surface area contributed by atoms with Crippen LogP contribution in [0.15, 0.2) is 23.8 Å². The van der Waals surface area contributed by atoms with Gasteiger partial charge in [0.2, 0.25) is 11.7 Å². The highest BCUT2D eigenvalue weighted by Crippen LogP contribution is 2.67. The highest BCUT2D eigenvalue weighted by Gasteiger charge is 2.68. The fourth-order valence-electron chi connectivity index (χ4n) is 8.30. The minimum Gasteiger partial charge on any atom is -0.480 e. The van der Waals surface area contributed by atoms with Gasteiger partial charge in [-0.05, 0) is 68.4 Å². The molecular formula is C31H43NO9. The van der Waals surface area contributed by atoms with Crippen molar-refractivity contribution in [3.05, 3.63) is 23.8 Å². The average molecular weight is 574 g/mol. The molecular weight excluding hydrogens is 530 g/mol. The van der Waals surface area contributed by atoms with Crippen molar-refractivity contribution < 1.29 is 44.0 Å². The first kappa shape index (κ1) is 31.1. The fraction of sp³-hybridized carbons (Fsp3) is 0.710. The lowest BCUT2D eigenvalue weighted by atomic mass is 9.46. The van der Waals surface area contributed by atoms with E-state index in [9.17, 15) is 39.3 Å². The zero-order valence-electron chi connectivity index (χ0n) is 24.4. The number of hydrogen-bond donors (Lipinski definition) is 4. The number of ketones is 2. The second kappa shape index (κ2) is 11.4. The molecule has 8 atom stereocenters. The third-order valence-electron chi connectivity index (χ3n) is 10.4. The van der Waals surface area contributed by atoms with Crippen molar-refractivity contribution in [3.8, 4) is 0 Å². The van der Waals surface area contributed by atoms with Crippen LogP contribution in [0.4, 0.5) is 0 Å². The number of allylic oxidation sites excluding steroid dienone is 4. The second-order valence-electron chi connectivity index (χ2n) is 13.3. The van der Waals surface area contributed by atoms with Crippen molar-refractivity contribution in [1.29, 1.82) is 0 Å². The summed E-state index contributed by atoms with van der Waals surface area (Å²) in [6, 6.07) is -1.05. The van der Waals surface area contributed by atoms with E-state index in [2.05, 4.69) is 12.2 Å². The van der Waals surface area contributed by atoms with Crippen molar-refractivity contribution in [3.63, 3.8) is 0 Å². The quantitative estimate of drug-likeness (QED) is 0.287. The Morgan fingerprint density at radius 3 is 2.51 bits per heavy atom. The van der Waals surface area contributed by atoms with Crippen molar-refractivity contribution in [2.24, 2.45) is 34.5 Å². The Morgan fingerprint density at radius 1 is 1.15 bits per heavy atom. The van der Waals surface area contributed by atoms with Crippen molar-refractivity contribution in [2.45, 2.75) is 96.8 Å². The van der Waals surface area contributed by atoms with Gasteiger partial charge in [-0.25, -0.2) is 4.79 Å². The number of amides is 1. The molecule has 1 amide bonds. The zero-order valence-corrected chi connectivity index (χ0v) is 24.4. The minimum absolute atomic E-state index is 0.0262. The predicted molar refractivity (Wildman–Crippen MR) is 147 cm³/mol. The topological polar surface area (TPSA) is 167 Å². The lowest BCUT2D eigenvalue weighted by molar-refractivity contribution is -0.181. The van der Waals surface area contributed by atoms with E-state index in [-0.39, 0.29) is 61.6 Å². The van der Waals surface area contributed by atoms with E-state index in [1.165, 1.54) is 0 Å². The number of hydrogen-bond acceptors (Lipinski definition) is 8. The molecule has 10 heteroatoms. The SMILES string of the molecule is CC(C)C[C@@H](NC(=O)CCC(=O)OCC(=O)[C@@]1(O)CC[C@H]2[C@@H]3CCC4=CC(=O)C=C[C@]4(C)[C@@H]3[C@@H](O)C[C@@]21C)C(=O)O. The van der Waals surface area contributed by atoms with Gasteiger partial charge in [-0.15, -0.1) is 0 Å². The Hall–Kier alpha value is -2.85. The van der Waals surface area contributed by atoms with Crippen LogP contribution in [0.2, 0.25) is 0 Å². The lowest BCUT2D eigenvalue weighted by Gasteiger charge is -2.59. The maximum absolute atomic E-state index is 13.4. The summed E-state index contributed by atoms with van der Waals surface area (Å²) in [4.78, 5) is 61.3. The third-order valence-corrected chi connectivity index (χ3v) is 10.4. The predicted octanol–water partition coefficient (Wildman–Crippen LogP) is 2.50. The summed E-state index contributed by atoms with van der Waals surface area (Å²) in [5.74, 6) is -3.27. The first-order valence-corrected chi connectivity index (χ1v) is 14.7. The van der Waals surface area contributed by atoms with Crippen molar-refractivity contribution >= 4 is 29.4 Å². The molecule has 0 bridgehead atoms. The van der Waals surface area contributed by atoms with Crippen molar-refractivity contribution in [2.75, 3.05) is 6.61 Å². The summed E-state index contributed by atoms with van der Waals surface area (Å²) in [5.41, 5.74) is -2.12. The Morgan fingerprint density at radius 2 is 1.85 bits per heavy atom. The molecule has 0 aromatic carbocycles. The summed E-state index contributed by atoms with van der Waals surface area (Å²) < 4.78 is 5.15. The largest absolute Gasteiger partial charge is 0.480 e. The molecule has 4 aliphatic rings. The molecule has 0 aromatic heterocycles. The summed E-state index contributed by atoms with van der Waals surface area (Å²) in [5, 5.41) is 34.9. The number of nitrogens with one attached hydrogen (secondary N) is 1. The van der Waals surface area contributed by atoms with Crippen molar-refractivity contribution in [1.82, 2.24) is 5.32 Å². The summed E-state index contributed by atoms with van der Waals surface area (Å²) in [7, 11) is 0. The first-order chi connectivity index (χ1) is 19.1. The number of ether oxygens (including phenoxy) is 1. The third kappa shape index (κ3) is 5.65. The Labute approximate surface area is 240 Å². The maximum Gasteiger partial charge on any atom is 0.326 e. The van der Waals surface area contributed by atoms with Crippen LogP contribution in [0.25, 0.3) is 0 Å². The molecule has 0 aromatic rings. The van der Waals surface area contributed by atoms with E-state index in [0.717, 1.165) is 18.4 Å². The van der Waals surface area contributed by atoms with Gasteiger partial charge in [0.15, 0.2) is 12.4 Å². The number of carbonyl (C=O) groups excluding carboxylic acids is 4. The normalized spacial score (nSPS) is 36.5. The smallest absolute Gasteiger partial charge is 0.326 e. The lowest BCUT2D eigenvalue weighted by Crippen LogP contribution is -2.61. The molecule has 0 radical (unpaired) electrons. The molecule has 0 heterocycles. The van der Waals surface area contributed by atoms with Gasteiger partial charge in [0, 0.05) is 23.2 Å². The van der Waals surface area contributed by atoms with Gasteiger partial charge in [0.05, 0.1) is 12.5 Å². The summed E-state index contributed by atoms with van der Waals surface area (Å²) in [6.45, 7) is 6.93. The number of aliphatic hydroxyl groups excluding tert-OH is 1. The number of fused-ring (bicyclic) bond motifs is 5. The van der Waals surface area contributed by atoms with Gasteiger partial charge < -0.3 is 25.4 Å². The molecule has 4 rings (SSSR count). The van der Waals surface area contributed by atoms with Gasteiger partial charge >= 0.3 is 11.9 Å². The zero-order chi connectivity index (χ0) is 30.3. The molecule has 41 heavy (non-hydrogen) atoms. The Bertz CT molecular complexity index is 1170. The highest BCUT2D eigenvalue weighted by molar-refractivity contribution is 6.01. The van der Waals surface area contributed by atoms with Gasteiger partial charge in [-0.3, -0.25) is 19.2 Å². The highest BCUT2D eigenvalue weighted by atomic mass is 16.5. The molecule has 4 N–H and O–H groups in total. The van der Waals surface area contributed by atoms with Gasteiger partial charge in [0.1, 0.15) is 11.6 Å². The van der Waals surface area contributed by atoms with E-state index in [1.807, 2.05) is 26.8 Å². The number of carboxylic acid groups (broad SMARTS) is 1. The first-order valence-electron chi connectivity index (χ1n) is 14.7. The molecule has 0 unspecified atom stereocenters. The number of Topliss-reactive ketones (excluding diaryl/α,β-unsaturated/α-hetero) is 1. The second-order valence-corrected chi connectivity index (χ2v) is 13.3. The van der Waals surface area contributed by atoms with E-state index in [1.54, 1.807) is 12.2 Å². The van der Waals surface area contributed by atoms with Crippen LogP contribution >= 0.6 is 0 Å².